The molecule has 0 fully saturated rings. The number of pyridine rings is 1. The fraction of sp³-hybridized carbons (Fsp3) is 0.222. The highest BCUT2D eigenvalue weighted by Crippen LogP contribution is 2.19. The second-order valence-corrected chi connectivity index (χ2v) is 12.6. The summed E-state index contributed by atoms with van der Waals surface area (Å²) in [7, 11) is -4.67. The molecule has 11 nitrogen and oxygen atoms in total. The Kier molecular flexibility index (Phi) is 8.39. The van der Waals surface area contributed by atoms with Gasteiger partial charge in [0.1, 0.15) is 17.8 Å². The summed E-state index contributed by atoms with van der Waals surface area (Å²) in [5.74, 6) is -1.19. The number of hydrogen-bond acceptors (Lipinski definition) is 7. The average molecular weight is 620 g/mol. The number of rotatable bonds is 7. The van der Waals surface area contributed by atoms with Crippen LogP contribution in [0.2, 0.25) is 10.0 Å². The lowest BCUT2D eigenvalue weighted by Crippen LogP contribution is -2.45. The number of carbonyl (C=O) groups is 2. The van der Waals surface area contributed by atoms with E-state index in [0.717, 1.165) is 16.7 Å². The lowest BCUT2D eigenvalue weighted by atomic mass is 10.2. The standard InChI is InChI=1S/C27H24Cl2N4O7S/c1-27(2,3)40-24(35)16-31-12-4-5-19(14-31)30-23(34)15-32-22-13-18(29)8-11-21(22)25(36)33(26(32)37)41(38,39)20-9-6-17(28)7-10-20/h4-14H,15-16H2,1-3H3/p+1. The third-order valence-electron chi connectivity index (χ3n) is 5.60. The molecule has 14 heteroatoms. The molecule has 1 N–H and O–H groups in total. The maximum atomic E-state index is 13.5. The van der Waals surface area contributed by atoms with E-state index in [0.29, 0.717) is 5.69 Å². The van der Waals surface area contributed by atoms with Crippen molar-refractivity contribution in [3.8, 4) is 0 Å². The molecule has 2 heterocycles. The van der Waals surface area contributed by atoms with Gasteiger partial charge in [0.2, 0.25) is 12.5 Å². The summed E-state index contributed by atoms with van der Waals surface area (Å²) in [5, 5.41) is 2.89. The summed E-state index contributed by atoms with van der Waals surface area (Å²) in [6, 6.07) is 12.0. The number of aromatic nitrogens is 3. The highest BCUT2D eigenvalue weighted by atomic mass is 35.5. The molecule has 0 atom stereocenters. The van der Waals surface area contributed by atoms with Gasteiger partial charge >= 0.3 is 11.7 Å². The molecule has 0 spiro atoms. The Morgan fingerprint density at radius 1 is 1.00 bits per heavy atom. The van der Waals surface area contributed by atoms with Crippen molar-refractivity contribution in [3.63, 3.8) is 0 Å². The van der Waals surface area contributed by atoms with Crippen molar-refractivity contribution in [2.24, 2.45) is 0 Å². The van der Waals surface area contributed by atoms with Gasteiger partial charge in [-0.25, -0.2) is 18.0 Å². The zero-order valence-corrected chi connectivity index (χ0v) is 24.5. The van der Waals surface area contributed by atoms with Crippen molar-refractivity contribution in [3.05, 3.63) is 97.9 Å². The minimum absolute atomic E-state index is 0.0294. The van der Waals surface area contributed by atoms with Gasteiger partial charge in [0.05, 0.1) is 15.8 Å². The molecule has 4 rings (SSSR count). The topological polar surface area (TPSA) is 137 Å². The van der Waals surface area contributed by atoms with E-state index in [1.54, 1.807) is 39.1 Å². The summed E-state index contributed by atoms with van der Waals surface area (Å²) < 4.78 is 34.5. The van der Waals surface area contributed by atoms with E-state index in [2.05, 4.69) is 5.32 Å². The summed E-state index contributed by atoms with van der Waals surface area (Å²) in [6.45, 7) is 4.46. The second kappa shape index (κ2) is 11.5. The third-order valence-corrected chi connectivity index (χ3v) is 7.76. The summed E-state index contributed by atoms with van der Waals surface area (Å²) >= 11 is 12.0. The first-order valence-corrected chi connectivity index (χ1v) is 14.3. The predicted octanol–water partition coefficient (Wildman–Crippen LogP) is 2.97. The monoisotopic (exact) mass is 619 g/mol. The van der Waals surface area contributed by atoms with E-state index >= 15 is 0 Å². The van der Waals surface area contributed by atoms with E-state index in [1.807, 2.05) is 0 Å². The van der Waals surface area contributed by atoms with Crippen LogP contribution < -0.4 is 21.1 Å². The van der Waals surface area contributed by atoms with Gasteiger partial charge in [-0.1, -0.05) is 23.2 Å². The quantitative estimate of drug-likeness (QED) is 0.248. The van der Waals surface area contributed by atoms with Gasteiger partial charge < -0.3 is 10.1 Å². The summed E-state index contributed by atoms with van der Waals surface area (Å²) in [4.78, 5) is 51.7. The zero-order valence-electron chi connectivity index (χ0n) is 22.1. The van der Waals surface area contributed by atoms with Crippen LogP contribution in [-0.4, -0.2) is 34.4 Å². The fourth-order valence-electron chi connectivity index (χ4n) is 3.96. The highest BCUT2D eigenvalue weighted by molar-refractivity contribution is 7.90. The molecular formula is C27H25Cl2N4O7S+. The van der Waals surface area contributed by atoms with E-state index in [9.17, 15) is 27.6 Å². The van der Waals surface area contributed by atoms with Gasteiger partial charge in [-0.15, -0.1) is 3.97 Å². The number of fused-ring (bicyclic) bond motifs is 1. The summed E-state index contributed by atoms with van der Waals surface area (Å²) in [5.41, 5.74) is -2.76. The van der Waals surface area contributed by atoms with E-state index < -0.39 is 45.3 Å². The van der Waals surface area contributed by atoms with Crippen molar-refractivity contribution >= 4 is 61.7 Å². The Morgan fingerprint density at radius 2 is 1.66 bits per heavy atom. The van der Waals surface area contributed by atoms with Crippen LogP contribution in [0.25, 0.3) is 10.9 Å². The fourth-order valence-corrected chi connectivity index (χ4v) is 5.56. The van der Waals surface area contributed by atoms with E-state index in [1.165, 1.54) is 41.1 Å². The number of carbonyl (C=O) groups excluding carboxylic acids is 2. The van der Waals surface area contributed by atoms with Crippen molar-refractivity contribution < 1.29 is 27.3 Å². The lowest BCUT2D eigenvalue weighted by molar-refractivity contribution is -0.685. The molecule has 0 saturated heterocycles. The number of hydrogen-bond donors (Lipinski definition) is 1. The molecule has 0 unspecified atom stereocenters. The highest BCUT2D eigenvalue weighted by Gasteiger charge is 2.26. The van der Waals surface area contributed by atoms with Gasteiger partial charge in [-0.05, 0) is 69.3 Å². The van der Waals surface area contributed by atoms with Crippen LogP contribution in [0, 0.1) is 0 Å². The van der Waals surface area contributed by atoms with Crippen LogP contribution in [-0.2, 0) is 37.4 Å². The Morgan fingerprint density at radius 3 is 2.32 bits per heavy atom. The Balaban J connectivity index is 1.71. The predicted molar refractivity (Wildman–Crippen MR) is 153 cm³/mol. The van der Waals surface area contributed by atoms with Gasteiger partial charge in [0, 0.05) is 16.1 Å². The van der Waals surface area contributed by atoms with Gasteiger partial charge in [-0.2, -0.15) is 4.57 Å². The number of nitrogens with one attached hydrogen (secondary N) is 1. The van der Waals surface area contributed by atoms with E-state index in [-0.39, 0.29) is 36.4 Å². The molecule has 4 aromatic rings. The molecule has 1 amide bonds. The number of amides is 1. The Bertz CT molecular complexity index is 1890. The zero-order chi connectivity index (χ0) is 30.1. The van der Waals surface area contributed by atoms with Crippen LogP contribution >= 0.6 is 23.2 Å². The smallest absolute Gasteiger partial charge is 0.373 e. The van der Waals surface area contributed by atoms with Crippen LogP contribution in [0.5, 0.6) is 0 Å². The van der Waals surface area contributed by atoms with Crippen molar-refractivity contribution in [2.45, 2.75) is 44.4 Å². The molecule has 2 aromatic carbocycles. The van der Waals surface area contributed by atoms with Crippen LogP contribution in [0.4, 0.5) is 5.69 Å². The second-order valence-electron chi connectivity index (χ2n) is 9.96. The number of ether oxygens (including phenoxy) is 1. The molecule has 0 bridgehead atoms. The van der Waals surface area contributed by atoms with Crippen LogP contribution in [0.15, 0.2) is 81.5 Å². The minimum atomic E-state index is -4.67. The average Bonchev–Trinajstić information content (AvgIpc) is 2.85. The van der Waals surface area contributed by atoms with E-state index in [4.69, 9.17) is 27.9 Å². The van der Waals surface area contributed by atoms with Crippen LogP contribution in [0.1, 0.15) is 20.8 Å². The summed E-state index contributed by atoms with van der Waals surface area (Å²) in [6.07, 6.45) is 3.10. The molecule has 0 radical (unpaired) electrons. The maximum Gasteiger partial charge on any atom is 0.373 e. The SMILES string of the molecule is CC(C)(C)OC(=O)C[n+]1cccc(NC(=O)Cn2c(=O)n(S(=O)(=O)c3ccc(Cl)cc3)c(=O)c3ccc(Cl)cc32)c1. The molecule has 0 aliphatic carbocycles. The molecule has 214 valence electrons. The number of benzene rings is 2. The van der Waals surface area contributed by atoms with Gasteiger partial charge in [-0.3, -0.25) is 14.2 Å². The number of esters is 1. The Hall–Kier alpha value is -4.00. The Labute approximate surface area is 244 Å². The number of halogens is 2. The maximum absolute atomic E-state index is 13.5. The lowest BCUT2D eigenvalue weighted by Gasteiger charge is -2.18. The number of anilines is 1. The third kappa shape index (κ3) is 6.84. The normalized spacial score (nSPS) is 11.8. The largest absolute Gasteiger partial charge is 0.455 e. The molecule has 41 heavy (non-hydrogen) atoms. The number of nitrogens with zero attached hydrogens (tertiary/aromatic N) is 3. The van der Waals surface area contributed by atoms with Crippen molar-refractivity contribution in [2.75, 3.05) is 5.32 Å². The minimum Gasteiger partial charge on any atom is -0.455 e. The van der Waals surface area contributed by atoms with Gasteiger partial charge in [0.15, 0.2) is 12.4 Å². The molecule has 0 aliphatic rings. The molecule has 0 aliphatic heterocycles. The first kappa shape index (κ1) is 30.0. The molecular weight excluding hydrogens is 595 g/mol. The first-order chi connectivity index (χ1) is 19.2. The molecule has 2 aromatic heterocycles. The van der Waals surface area contributed by atoms with Crippen LogP contribution in [0.3, 0.4) is 0 Å². The van der Waals surface area contributed by atoms with Crippen molar-refractivity contribution in [1.82, 2.24) is 8.54 Å². The molecule has 0 saturated carbocycles. The van der Waals surface area contributed by atoms with Crippen molar-refractivity contribution in [1.29, 1.82) is 0 Å². The first-order valence-electron chi connectivity index (χ1n) is 12.1. The van der Waals surface area contributed by atoms with Gasteiger partial charge in [0.25, 0.3) is 15.6 Å².